The number of hydrogen-bond acceptors (Lipinski definition) is 10. The standard InChI is InChI=1S/C30H50O5Si.C24H36O5/c1-10-20(3)29(32)34-26-16-19(2)15-22-12-11-21(4)25(28(22)26)14-13-23-17-24(18-27(31)33-23)35-36(8,9)30(5,6)7;1-5-15(3)24(27)29-21-11-14(2)10-17-7-6-16(4)20(23(17)21)9-8-19-12-18(25)13-22(26)28-19/h11-12,15,19-21,23-26,28H,10,13-14,16-18H2,1-9H3;6-7,10,14-16,18-21,23,25H,5,8-9,11-13H2,1-4H3/t19?,20-,21-,23?,24+,25-,26?,28-;14?,15-,16-,18+,19?,20-,21?,23-/m00/s1/i2*2D3. The highest BCUT2D eigenvalue weighted by Crippen LogP contribution is 2.47. The van der Waals surface area contributed by atoms with Gasteiger partial charge in [-0.2, -0.15) is 0 Å². The van der Waals surface area contributed by atoms with Crippen LogP contribution in [0.15, 0.2) is 47.6 Å². The molecule has 0 aromatic heterocycles. The number of allylic oxidation sites excluding steroid dienone is 6. The first-order chi connectivity index (χ1) is 32.9. The molecule has 6 aliphatic rings. The van der Waals surface area contributed by atoms with Gasteiger partial charge < -0.3 is 28.5 Å². The fourth-order valence-electron chi connectivity index (χ4n) is 10.4. The van der Waals surface area contributed by atoms with Crippen LogP contribution in [0.5, 0.6) is 0 Å². The van der Waals surface area contributed by atoms with E-state index in [1.807, 2.05) is 52.0 Å². The van der Waals surface area contributed by atoms with Crippen LogP contribution in [0.1, 0.15) is 161 Å². The first-order valence-electron chi connectivity index (χ1n) is 27.9. The van der Waals surface area contributed by atoms with Crippen molar-refractivity contribution in [3.05, 3.63) is 47.6 Å². The number of ether oxygens (including phenoxy) is 4. The Kier molecular flexibility index (Phi) is 15.6. The third-order valence-corrected chi connectivity index (χ3v) is 20.3. The van der Waals surface area contributed by atoms with E-state index >= 15 is 0 Å². The van der Waals surface area contributed by atoms with Crippen molar-refractivity contribution in [2.45, 2.75) is 208 Å². The molecule has 16 atom stereocenters. The molecule has 0 aromatic carbocycles. The maximum absolute atomic E-state index is 12.9. The lowest BCUT2D eigenvalue weighted by Gasteiger charge is -2.44. The van der Waals surface area contributed by atoms with Gasteiger partial charge in [-0.1, -0.05) is 112 Å². The first-order valence-corrected chi connectivity index (χ1v) is 27.8. The van der Waals surface area contributed by atoms with Crippen LogP contribution in [0.25, 0.3) is 0 Å². The summed E-state index contributed by atoms with van der Waals surface area (Å²) in [5.41, 5.74) is 1.87. The molecule has 0 aromatic rings. The molecular formula is C54H86O10Si. The number of rotatable bonds is 14. The Morgan fingerprint density at radius 3 is 1.62 bits per heavy atom. The van der Waals surface area contributed by atoms with Crippen molar-refractivity contribution >= 4 is 32.2 Å². The number of carbonyl (C=O) groups excluding carboxylic acids is 4. The summed E-state index contributed by atoms with van der Waals surface area (Å²) in [6.07, 6.45) is 15.8. The van der Waals surface area contributed by atoms with E-state index in [1.165, 1.54) is 0 Å². The minimum absolute atomic E-state index is 0.0404. The average molecular weight is 929 g/mol. The van der Waals surface area contributed by atoms with E-state index < -0.39 is 52.2 Å². The predicted molar refractivity (Wildman–Crippen MR) is 258 cm³/mol. The Bertz CT molecular complexity index is 1990. The van der Waals surface area contributed by atoms with Crippen molar-refractivity contribution in [1.82, 2.24) is 0 Å². The summed E-state index contributed by atoms with van der Waals surface area (Å²) in [4.78, 5) is 49.8. The van der Waals surface area contributed by atoms with Crippen molar-refractivity contribution in [2.24, 2.45) is 59.2 Å². The molecule has 65 heavy (non-hydrogen) atoms. The van der Waals surface area contributed by atoms with Crippen molar-refractivity contribution < 1.29 is 55.9 Å². The van der Waals surface area contributed by atoms with E-state index in [4.69, 9.17) is 31.6 Å². The Hall–Kier alpha value is -3.02. The third-order valence-electron chi connectivity index (χ3n) is 15.7. The second-order valence-electron chi connectivity index (χ2n) is 21.8. The lowest BCUT2D eigenvalue weighted by Crippen LogP contribution is -2.47. The minimum atomic E-state index is -2.15. The molecule has 0 spiro atoms. The largest absolute Gasteiger partial charge is 0.462 e. The average Bonchev–Trinajstić information content (AvgIpc) is 3.26. The summed E-state index contributed by atoms with van der Waals surface area (Å²) in [5, 5.41) is 9.98. The molecule has 11 heteroatoms. The fourth-order valence-corrected chi connectivity index (χ4v) is 11.7. The number of hydrogen-bond donors (Lipinski definition) is 1. The van der Waals surface area contributed by atoms with Gasteiger partial charge >= 0.3 is 23.9 Å². The highest BCUT2D eigenvalue weighted by Gasteiger charge is 2.45. The molecule has 2 saturated heterocycles. The van der Waals surface area contributed by atoms with Crippen LogP contribution in [-0.4, -0.2) is 73.9 Å². The van der Waals surface area contributed by atoms with Gasteiger partial charge in [-0.3, -0.25) is 19.2 Å². The molecule has 2 heterocycles. The van der Waals surface area contributed by atoms with Gasteiger partial charge in [-0.25, -0.2) is 0 Å². The Labute approximate surface area is 401 Å². The smallest absolute Gasteiger partial charge is 0.308 e. The van der Waals surface area contributed by atoms with Crippen LogP contribution in [0.2, 0.25) is 18.1 Å². The maximum atomic E-state index is 12.9. The minimum Gasteiger partial charge on any atom is -0.462 e. The first kappa shape index (κ1) is 44.5. The molecule has 10 nitrogen and oxygen atoms in total. The number of cyclic esters (lactones) is 2. The van der Waals surface area contributed by atoms with Gasteiger partial charge in [-0.15, -0.1) is 0 Å². The van der Waals surface area contributed by atoms with E-state index in [1.54, 1.807) is 0 Å². The van der Waals surface area contributed by atoms with Crippen molar-refractivity contribution in [3.8, 4) is 0 Å². The van der Waals surface area contributed by atoms with E-state index in [0.717, 1.165) is 24.0 Å². The SMILES string of the molecule is [2H]C([2H])([2H])C1C=C2C=C[C@H](C)[C@H](CCC3C[C@@H](O)CC(=O)O3)[C@H]2C(OC(=O)[C@@H](C)CC)C1.[2H]C([2H])([2H])C1C=C2C=C[C@H](C)[C@H](CCC3C[C@@H](O[Si](C)(C)C(C)(C)C)CC(=O)O3)[C@H]2C(OC(=O)[C@@H](C)CC)C1. The number of aliphatic hydroxyl groups is 1. The van der Waals surface area contributed by atoms with Gasteiger partial charge in [-0.05, 0) is 116 Å². The van der Waals surface area contributed by atoms with Crippen LogP contribution in [0.3, 0.4) is 0 Å². The van der Waals surface area contributed by atoms with Crippen LogP contribution in [0.4, 0.5) is 0 Å². The third kappa shape index (κ3) is 14.0. The van der Waals surface area contributed by atoms with Crippen LogP contribution >= 0.6 is 0 Å². The highest BCUT2D eigenvalue weighted by atomic mass is 28.4. The molecule has 4 aliphatic carbocycles. The Morgan fingerprint density at radius 2 is 1.20 bits per heavy atom. The Morgan fingerprint density at radius 1 is 0.754 bits per heavy atom. The lowest BCUT2D eigenvalue weighted by atomic mass is 9.65. The van der Waals surface area contributed by atoms with Crippen molar-refractivity contribution in [1.29, 1.82) is 0 Å². The van der Waals surface area contributed by atoms with E-state index in [2.05, 4.69) is 59.9 Å². The van der Waals surface area contributed by atoms with E-state index in [-0.39, 0.29) is 107 Å². The van der Waals surface area contributed by atoms with Gasteiger partial charge in [0.25, 0.3) is 0 Å². The van der Waals surface area contributed by atoms with Gasteiger partial charge in [0.1, 0.15) is 24.4 Å². The number of fused-ring (bicyclic) bond motifs is 2. The molecule has 6 unspecified atom stereocenters. The van der Waals surface area contributed by atoms with Crippen LogP contribution < -0.4 is 0 Å². The fraction of sp³-hybridized carbons (Fsp3) is 0.778. The zero-order valence-electron chi connectivity index (χ0n) is 47.3. The summed E-state index contributed by atoms with van der Waals surface area (Å²) in [6, 6.07) is 0. The van der Waals surface area contributed by atoms with Crippen LogP contribution in [-0.2, 0) is 42.6 Å². The second-order valence-corrected chi connectivity index (χ2v) is 26.6. The number of esters is 4. The normalized spacial score (nSPS) is 37.4. The number of carbonyl (C=O) groups is 4. The second kappa shape index (κ2) is 22.8. The summed E-state index contributed by atoms with van der Waals surface area (Å²) >= 11 is 0. The maximum Gasteiger partial charge on any atom is 0.308 e. The molecular weight excluding hydrogens is 837 g/mol. The molecule has 1 N–H and O–H groups in total. The topological polar surface area (TPSA) is 135 Å². The lowest BCUT2D eigenvalue weighted by molar-refractivity contribution is -0.162. The molecule has 0 saturated carbocycles. The molecule has 0 radical (unpaired) electrons. The summed E-state index contributed by atoms with van der Waals surface area (Å²) in [5.74, 6) is -2.37. The van der Waals surface area contributed by atoms with Gasteiger partial charge in [0.15, 0.2) is 8.32 Å². The van der Waals surface area contributed by atoms with Gasteiger partial charge in [0.05, 0.1) is 36.9 Å². The van der Waals surface area contributed by atoms with Crippen molar-refractivity contribution in [2.75, 3.05) is 0 Å². The molecule has 0 amide bonds. The quantitative estimate of drug-likeness (QED) is 0.102. The zero-order valence-corrected chi connectivity index (χ0v) is 42.3. The Balaban J connectivity index is 0.000000269. The van der Waals surface area contributed by atoms with Crippen molar-refractivity contribution in [3.63, 3.8) is 0 Å². The van der Waals surface area contributed by atoms with Gasteiger partial charge in [0.2, 0.25) is 0 Å². The monoisotopic (exact) mass is 929 g/mol. The van der Waals surface area contributed by atoms with Gasteiger partial charge in [0, 0.05) is 32.9 Å². The van der Waals surface area contributed by atoms with Crippen LogP contribution in [0, 0.1) is 59.2 Å². The molecule has 6 rings (SSSR count). The summed E-state index contributed by atoms with van der Waals surface area (Å²) < 4.78 is 77.7. The number of aliphatic hydroxyl groups excluding tert-OH is 1. The van der Waals surface area contributed by atoms with E-state index in [9.17, 15) is 24.3 Å². The molecule has 0 bridgehead atoms. The molecule has 366 valence electrons. The predicted octanol–water partition coefficient (Wildman–Crippen LogP) is 11.4. The summed E-state index contributed by atoms with van der Waals surface area (Å²) in [6.45, 7) is 18.5. The van der Waals surface area contributed by atoms with E-state index in [0.29, 0.717) is 51.4 Å². The highest BCUT2D eigenvalue weighted by molar-refractivity contribution is 6.74. The summed E-state index contributed by atoms with van der Waals surface area (Å²) in [7, 11) is -2.02. The molecule has 2 fully saturated rings. The zero-order chi connectivity index (χ0) is 53.0. The molecule has 2 aliphatic heterocycles.